The number of nitrogens with zero attached hydrogens (tertiary/aromatic N) is 4. The molecule has 10 heteroatoms. The number of quaternary nitrogens is 1. The predicted molar refractivity (Wildman–Crippen MR) is 162 cm³/mol. The molecule has 1 aliphatic carbocycles. The van der Waals surface area contributed by atoms with Gasteiger partial charge in [0.2, 0.25) is 0 Å². The summed E-state index contributed by atoms with van der Waals surface area (Å²) >= 11 is 12.6. The number of carbonyl (C=O) groups is 2. The summed E-state index contributed by atoms with van der Waals surface area (Å²) in [5.74, 6) is 0.260. The van der Waals surface area contributed by atoms with Crippen molar-refractivity contribution < 1.29 is 23.9 Å². The summed E-state index contributed by atoms with van der Waals surface area (Å²) in [6.45, 7) is 5.63. The molecular weight excluding hydrogens is 563 g/mol. The number of aryl methyl sites for hydroxylation is 3. The summed E-state index contributed by atoms with van der Waals surface area (Å²) in [7, 11) is 3.79. The first-order valence-corrected chi connectivity index (χ1v) is 14.6. The Bertz CT molecular complexity index is 1450. The summed E-state index contributed by atoms with van der Waals surface area (Å²) in [4.78, 5) is 34.5. The van der Waals surface area contributed by atoms with Crippen LogP contribution in [0.25, 0.3) is 0 Å². The number of hydrogen-bond donors (Lipinski definition) is 1. The fraction of sp³-hybridized carbons (Fsp3) is 0.387. The third-order valence-electron chi connectivity index (χ3n) is 8.60. The van der Waals surface area contributed by atoms with E-state index in [1.54, 1.807) is 42.3 Å². The Kier molecular flexibility index (Phi) is 8.19. The Balaban J connectivity index is 1.51. The average Bonchev–Trinajstić information content (AvgIpc) is 3.34. The minimum Gasteiger partial charge on any atom is -0.449 e. The van der Waals surface area contributed by atoms with Gasteiger partial charge in [0.1, 0.15) is 17.8 Å². The molecule has 1 aliphatic heterocycles. The Morgan fingerprint density at radius 3 is 2.24 bits per heavy atom. The first-order valence-electron chi connectivity index (χ1n) is 13.8. The molecule has 0 spiro atoms. The largest absolute Gasteiger partial charge is 0.511 e. The molecule has 0 bridgehead atoms. The normalized spacial score (nSPS) is 18.5. The Labute approximate surface area is 250 Å². The first kappa shape index (κ1) is 29.2. The molecule has 0 radical (unpaired) electrons. The van der Waals surface area contributed by atoms with Crippen molar-refractivity contribution in [2.75, 3.05) is 37.0 Å². The third kappa shape index (κ3) is 5.87. The number of piperidine rings is 1. The minimum absolute atomic E-state index is 0.0277. The lowest BCUT2D eigenvalue weighted by Crippen LogP contribution is -2.64. The fourth-order valence-electron chi connectivity index (χ4n) is 6.65. The van der Waals surface area contributed by atoms with Crippen molar-refractivity contribution in [1.29, 1.82) is 0 Å². The Morgan fingerprint density at radius 2 is 1.63 bits per heavy atom. The molecule has 1 saturated heterocycles. The van der Waals surface area contributed by atoms with E-state index in [-0.39, 0.29) is 28.3 Å². The summed E-state index contributed by atoms with van der Waals surface area (Å²) in [5.41, 5.74) is 5.82. The van der Waals surface area contributed by atoms with Gasteiger partial charge in [-0.1, -0.05) is 29.3 Å². The van der Waals surface area contributed by atoms with Crippen LogP contribution in [0.15, 0.2) is 48.5 Å². The minimum atomic E-state index is -1.36. The highest BCUT2D eigenvalue weighted by Crippen LogP contribution is 2.46. The van der Waals surface area contributed by atoms with Gasteiger partial charge in [-0.25, -0.2) is 14.1 Å². The molecule has 2 aromatic carbocycles. The fourth-order valence-corrected chi connectivity index (χ4v) is 7.16. The van der Waals surface area contributed by atoms with E-state index in [0.717, 1.165) is 67.0 Å². The molecule has 2 unspecified atom stereocenters. The number of anilines is 2. The second-order valence-electron chi connectivity index (χ2n) is 11.2. The molecule has 41 heavy (non-hydrogen) atoms. The molecular formula is C31H35Cl2N4O4+. The molecule has 1 aromatic heterocycles. The van der Waals surface area contributed by atoms with Gasteiger partial charge in [0, 0.05) is 72.1 Å². The van der Waals surface area contributed by atoms with Gasteiger partial charge in [0.05, 0.1) is 12.7 Å². The van der Waals surface area contributed by atoms with Crippen LogP contribution in [-0.4, -0.2) is 60.0 Å². The number of benzene rings is 2. The van der Waals surface area contributed by atoms with Gasteiger partial charge in [-0.15, -0.1) is 0 Å². The van der Waals surface area contributed by atoms with Crippen molar-refractivity contribution in [3.63, 3.8) is 0 Å². The first-order chi connectivity index (χ1) is 19.4. The van der Waals surface area contributed by atoms with Gasteiger partial charge in [-0.2, -0.15) is 0 Å². The molecule has 0 saturated carbocycles. The van der Waals surface area contributed by atoms with Gasteiger partial charge in [-0.05, 0) is 68.3 Å². The summed E-state index contributed by atoms with van der Waals surface area (Å²) < 4.78 is 5.15. The summed E-state index contributed by atoms with van der Waals surface area (Å²) in [6, 6.07) is 14.5. The van der Waals surface area contributed by atoms with Crippen LogP contribution < -0.4 is 14.5 Å². The molecule has 216 valence electrons. The molecule has 1 fully saturated rings. The van der Waals surface area contributed by atoms with Gasteiger partial charge in [0.25, 0.3) is 0 Å². The number of fused-ring (bicyclic) bond motifs is 1. The molecule has 8 nitrogen and oxygen atoms in total. The number of ether oxygens (including phenoxy) is 1. The molecule has 2 atom stereocenters. The number of amides is 2. The Morgan fingerprint density at radius 1 is 1.00 bits per heavy atom. The van der Waals surface area contributed by atoms with Gasteiger partial charge >= 0.3 is 12.2 Å². The zero-order chi connectivity index (χ0) is 29.5. The van der Waals surface area contributed by atoms with Gasteiger partial charge in [-0.3, -0.25) is 9.88 Å². The van der Waals surface area contributed by atoms with Crippen LogP contribution in [0.3, 0.4) is 0 Å². The molecule has 2 amide bonds. The number of carbonyl (C=O) groups excluding carboxylic acids is 1. The molecule has 1 N–H and O–H groups in total. The van der Waals surface area contributed by atoms with Crippen LogP contribution in [0.4, 0.5) is 21.0 Å². The zero-order valence-electron chi connectivity index (χ0n) is 23.7. The van der Waals surface area contributed by atoms with E-state index >= 15 is 0 Å². The van der Waals surface area contributed by atoms with Crippen molar-refractivity contribution in [2.45, 2.75) is 51.6 Å². The van der Waals surface area contributed by atoms with E-state index < -0.39 is 6.16 Å². The van der Waals surface area contributed by atoms with Crippen molar-refractivity contribution in [2.24, 2.45) is 0 Å². The van der Waals surface area contributed by atoms with E-state index in [4.69, 9.17) is 27.9 Å². The van der Waals surface area contributed by atoms with Crippen molar-refractivity contribution in [3.05, 3.63) is 81.1 Å². The van der Waals surface area contributed by atoms with Crippen LogP contribution in [0.2, 0.25) is 10.0 Å². The smallest absolute Gasteiger partial charge is 0.449 e. The quantitative estimate of drug-likeness (QED) is 0.187. The predicted octanol–water partition coefficient (Wildman–Crippen LogP) is 7.42. The second kappa shape index (κ2) is 11.5. The highest BCUT2D eigenvalue weighted by atomic mass is 35.5. The van der Waals surface area contributed by atoms with Crippen molar-refractivity contribution >= 4 is 46.8 Å². The molecule has 2 heterocycles. The van der Waals surface area contributed by atoms with E-state index in [9.17, 15) is 14.7 Å². The van der Waals surface area contributed by atoms with Crippen LogP contribution in [-0.2, 0) is 6.42 Å². The maximum absolute atomic E-state index is 14.7. The van der Waals surface area contributed by atoms with Gasteiger partial charge < -0.3 is 14.7 Å². The number of urea groups is 1. The highest BCUT2D eigenvalue weighted by Gasteiger charge is 2.52. The highest BCUT2D eigenvalue weighted by molar-refractivity contribution is 6.35. The number of rotatable bonds is 5. The molecule has 3 aromatic rings. The van der Waals surface area contributed by atoms with Crippen LogP contribution in [0, 0.1) is 13.8 Å². The van der Waals surface area contributed by atoms with Crippen molar-refractivity contribution in [1.82, 2.24) is 4.98 Å². The summed E-state index contributed by atoms with van der Waals surface area (Å²) in [5, 5.41) is 10.1. The topological polar surface area (TPSA) is 83.0 Å². The Hall–Kier alpha value is -3.33. The van der Waals surface area contributed by atoms with E-state index in [0.29, 0.717) is 15.7 Å². The van der Waals surface area contributed by atoms with E-state index in [1.807, 2.05) is 27.0 Å². The number of pyridine rings is 1. The summed E-state index contributed by atoms with van der Waals surface area (Å²) in [6.07, 6.45) is 1.82. The lowest BCUT2D eigenvalue weighted by molar-refractivity contribution is -0.887. The van der Waals surface area contributed by atoms with Crippen LogP contribution in [0.1, 0.15) is 47.8 Å². The molecule has 2 aliphatic rings. The van der Waals surface area contributed by atoms with E-state index in [1.165, 1.54) is 0 Å². The third-order valence-corrected chi connectivity index (χ3v) is 9.04. The number of carboxylic acid groups (broad SMARTS) is 1. The SMILES string of the molecule is Cc1cc(N2CCC([N+](C)(C(=O)N(C)c3cc(Cl)cc(Cl)c3)C3CCc4ccc(OC(=O)O)cc43)CC2)cc(C)n1. The number of aromatic nitrogens is 1. The standard InChI is InChI=1S/C31H34Cl2N4O4/c1-19-13-25(14-20(2)34-19)36-11-9-26(10-12-36)37(4,30(38)35(3)24-16-22(32)15-23(33)17-24)29-8-6-21-5-7-27(18-28(21)29)41-31(39)40/h5,7,13-18,26,29H,6,8-12H2,1-4H3/p+1. The van der Waals surface area contributed by atoms with Crippen LogP contribution >= 0.6 is 23.2 Å². The zero-order valence-corrected chi connectivity index (χ0v) is 25.2. The van der Waals surface area contributed by atoms with Gasteiger partial charge in [0.15, 0.2) is 0 Å². The molecule has 5 rings (SSSR count). The average molecular weight is 599 g/mol. The lowest BCUT2D eigenvalue weighted by Gasteiger charge is -2.48. The number of hydrogen-bond acceptors (Lipinski definition) is 5. The van der Waals surface area contributed by atoms with E-state index in [2.05, 4.69) is 22.0 Å². The monoisotopic (exact) mass is 597 g/mol. The number of halogens is 2. The second-order valence-corrected chi connectivity index (χ2v) is 12.1. The van der Waals surface area contributed by atoms with Crippen molar-refractivity contribution in [3.8, 4) is 5.75 Å². The maximum atomic E-state index is 14.7. The lowest BCUT2D eigenvalue weighted by atomic mass is 9.95. The van der Waals surface area contributed by atoms with Crippen LogP contribution in [0.5, 0.6) is 5.75 Å². The maximum Gasteiger partial charge on any atom is 0.511 e.